The van der Waals surface area contributed by atoms with E-state index in [-0.39, 0.29) is 17.8 Å². The van der Waals surface area contributed by atoms with Crippen molar-refractivity contribution in [2.45, 2.75) is 19.5 Å². The zero-order valence-corrected chi connectivity index (χ0v) is 11.4. The fourth-order valence-corrected chi connectivity index (χ4v) is 2.22. The number of benzene rings is 1. The number of piperazine rings is 1. The first-order valence-electron chi connectivity index (χ1n) is 6.51. The number of hydrogen-bond donors (Lipinski definition) is 2. The van der Waals surface area contributed by atoms with E-state index in [1.54, 1.807) is 19.1 Å². The van der Waals surface area contributed by atoms with E-state index in [2.05, 4.69) is 10.6 Å². The van der Waals surface area contributed by atoms with Crippen molar-refractivity contribution in [3.05, 3.63) is 35.1 Å². The minimum atomic E-state index is -0.216. The first-order chi connectivity index (χ1) is 9.08. The van der Waals surface area contributed by atoms with Gasteiger partial charge < -0.3 is 10.6 Å². The lowest BCUT2D eigenvalue weighted by Gasteiger charge is -2.31. The number of halogens is 1. The van der Waals surface area contributed by atoms with Gasteiger partial charge in [-0.15, -0.1) is 0 Å². The fourth-order valence-electron chi connectivity index (χ4n) is 2.22. The summed E-state index contributed by atoms with van der Waals surface area (Å²) >= 11 is 0. The summed E-state index contributed by atoms with van der Waals surface area (Å²) in [6.07, 6.45) is 0. The van der Waals surface area contributed by atoms with Gasteiger partial charge in [-0.2, -0.15) is 0 Å². The van der Waals surface area contributed by atoms with Crippen molar-refractivity contribution in [1.29, 1.82) is 0 Å². The average Bonchev–Trinajstić information content (AvgIpc) is 2.40. The van der Waals surface area contributed by atoms with E-state index in [1.807, 2.05) is 11.9 Å². The molecule has 1 atom stereocenters. The predicted molar refractivity (Wildman–Crippen MR) is 72.3 cm³/mol. The molecule has 1 amide bonds. The van der Waals surface area contributed by atoms with Crippen LogP contribution in [-0.4, -0.2) is 43.5 Å². The third-order valence-corrected chi connectivity index (χ3v) is 3.50. The minimum Gasteiger partial charge on any atom is -0.351 e. The van der Waals surface area contributed by atoms with Crippen molar-refractivity contribution < 1.29 is 9.18 Å². The van der Waals surface area contributed by atoms with E-state index in [4.69, 9.17) is 0 Å². The maximum atomic E-state index is 13.1. The van der Waals surface area contributed by atoms with Crippen molar-refractivity contribution in [3.8, 4) is 0 Å². The van der Waals surface area contributed by atoms with Gasteiger partial charge in [-0.05, 0) is 31.2 Å². The molecule has 5 heteroatoms. The van der Waals surface area contributed by atoms with Crippen molar-refractivity contribution >= 4 is 5.91 Å². The molecule has 19 heavy (non-hydrogen) atoms. The van der Waals surface area contributed by atoms with E-state index in [0.29, 0.717) is 18.7 Å². The van der Waals surface area contributed by atoms with Crippen LogP contribution in [0.3, 0.4) is 0 Å². The number of aryl methyl sites for hydroxylation is 1. The van der Waals surface area contributed by atoms with Crippen molar-refractivity contribution in [2.75, 3.05) is 26.7 Å². The second kappa shape index (κ2) is 6.12. The molecule has 0 saturated carbocycles. The highest BCUT2D eigenvalue weighted by atomic mass is 19.1. The van der Waals surface area contributed by atoms with Crippen LogP contribution >= 0.6 is 0 Å². The minimum absolute atomic E-state index is 0.0108. The second-order valence-corrected chi connectivity index (χ2v) is 5.00. The number of carbonyl (C=O) groups excluding carboxylic acids is 1. The van der Waals surface area contributed by atoms with Crippen LogP contribution in [0.15, 0.2) is 18.2 Å². The highest BCUT2D eigenvalue weighted by Gasteiger charge is 2.25. The third-order valence-electron chi connectivity index (χ3n) is 3.50. The Kier molecular flexibility index (Phi) is 4.50. The molecule has 2 rings (SSSR count). The molecule has 1 aromatic carbocycles. The van der Waals surface area contributed by atoms with Crippen LogP contribution in [0.1, 0.15) is 11.1 Å². The van der Waals surface area contributed by atoms with Gasteiger partial charge in [-0.25, -0.2) is 4.39 Å². The predicted octanol–water partition coefficient (Wildman–Crippen LogP) is 0.654. The third kappa shape index (κ3) is 3.52. The molecule has 1 fully saturated rings. The fraction of sp³-hybridized carbons (Fsp3) is 0.500. The molecule has 1 unspecified atom stereocenters. The molecule has 2 N–H and O–H groups in total. The molecule has 0 aromatic heterocycles. The molecule has 0 radical (unpaired) electrons. The Balaban J connectivity index is 1.90. The number of hydrogen-bond acceptors (Lipinski definition) is 3. The molecule has 0 aliphatic carbocycles. The average molecular weight is 265 g/mol. The number of rotatable bonds is 3. The molecule has 1 saturated heterocycles. The van der Waals surface area contributed by atoms with Crippen LogP contribution in [0.4, 0.5) is 4.39 Å². The number of carbonyl (C=O) groups is 1. The Hall–Kier alpha value is -1.46. The van der Waals surface area contributed by atoms with E-state index in [1.165, 1.54) is 6.07 Å². The summed E-state index contributed by atoms with van der Waals surface area (Å²) in [6.45, 7) is 4.61. The number of amides is 1. The maximum absolute atomic E-state index is 13.1. The highest BCUT2D eigenvalue weighted by molar-refractivity contribution is 5.82. The quantitative estimate of drug-likeness (QED) is 0.843. The number of nitrogens with one attached hydrogen (secondary N) is 2. The maximum Gasteiger partial charge on any atom is 0.238 e. The summed E-state index contributed by atoms with van der Waals surface area (Å²) in [5.74, 6) is -0.206. The van der Waals surface area contributed by atoms with Gasteiger partial charge in [0.05, 0.1) is 0 Å². The molecule has 1 aromatic rings. The summed E-state index contributed by atoms with van der Waals surface area (Å²) < 4.78 is 13.1. The van der Waals surface area contributed by atoms with E-state index < -0.39 is 0 Å². The molecule has 0 bridgehead atoms. The summed E-state index contributed by atoms with van der Waals surface area (Å²) in [6, 6.07) is 4.77. The van der Waals surface area contributed by atoms with Gasteiger partial charge in [-0.3, -0.25) is 9.69 Å². The van der Waals surface area contributed by atoms with Crippen LogP contribution < -0.4 is 10.6 Å². The number of likely N-dealkylation sites (N-methyl/N-ethyl adjacent to an activating group) is 1. The van der Waals surface area contributed by atoms with Crippen LogP contribution in [0.5, 0.6) is 0 Å². The normalized spacial score (nSPS) is 20.3. The molecular formula is C14H20FN3O. The summed E-state index contributed by atoms with van der Waals surface area (Å²) in [5.41, 5.74) is 1.52. The highest BCUT2D eigenvalue weighted by Crippen LogP contribution is 2.09. The Bertz CT molecular complexity index is 464. The molecule has 1 aliphatic rings. The van der Waals surface area contributed by atoms with Crippen molar-refractivity contribution in [1.82, 2.24) is 15.5 Å². The molecule has 1 aliphatic heterocycles. The van der Waals surface area contributed by atoms with E-state index in [0.717, 1.165) is 18.7 Å². The van der Waals surface area contributed by atoms with Gasteiger partial charge in [0.25, 0.3) is 0 Å². The van der Waals surface area contributed by atoms with Crippen LogP contribution in [0, 0.1) is 12.7 Å². The van der Waals surface area contributed by atoms with E-state index >= 15 is 0 Å². The van der Waals surface area contributed by atoms with Crippen LogP contribution in [-0.2, 0) is 11.3 Å². The first-order valence-corrected chi connectivity index (χ1v) is 6.51. The first kappa shape index (κ1) is 14.0. The lowest BCUT2D eigenvalue weighted by atomic mass is 10.1. The lowest BCUT2D eigenvalue weighted by molar-refractivity contribution is -0.126. The summed E-state index contributed by atoms with van der Waals surface area (Å²) in [7, 11) is 1.95. The Morgan fingerprint density at radius 2 is 2.37 bits per heavy atom. The SMILES string of the molecule is Cc1cc(CNC(=O)C2CNCCN2C)ccc1F. The second-order valence-electron chi connectivity index (χ2n) is 5.00. The molecular weight excluding hydrogens is 245 g/mol. The van der Waals surface area contributed by atoms with Crippen LogP contribution in [0.25, 0.3) is 0 Å². The van der Waals surface area contributed by atoms with Gasteiger partial charge in [0.2, 0.25) is 5.91 Å². The van der Waals surface area contributed by atoms with Gasteiger partial charge in [0.15, 0.2) is 0 Å². The Morgan fingerprint density at radius 1 is 1.58 bits per heavy atom. The molecule has 4 nitrogen and oxygen atoms in total. The standard InChI is InChI=1S/C14H20FN3O/c1-10-7-11(3-4-12(10)15)8-17-14(19)13-9-16-5-6-18(13)2/h3-4,7,13,16H,5-6,8-9H2,1-2H3,(H,17,19). The van der Waals surface area contributed by atoms with Crippen molar-refractivity contribution in [3.63, 3.8) is 0 Å². The topological polar surface area (TPSA) is 44.4 Å². The summed E-state index contributed by atoms with van der Waals surface area (Å²) in [4.78, 5) is 14.1. The zero-order valence-electron chi connectivity index (χ0n) is 11.4. The molecule has 104 valence electrons. The Morgan fingerprint density at radius 3 is 3.05 bits per heavy atom. The van der Waals surface area contributed by atoms with Crippen LogP contribution in [0.2, 0.25) is 0 Å². The monoisotopic (exact) mass is 265 g/mol. The van der Waals surface area contributed by atoms with Crippen molar-refractivity contribution in [2.24, 2.45) is 0 Å². The zero-order chi connectivity index (χ0) is 13.8. The smallest absolute Gasteiger partial charge is 0.238 e. The van der Waals surface area contributed by atoms with E-state index in [9.17, 15) is 9.18 Å². The summed E-state index contributed by atoms with van der Waals surface area (Å²) in [5, 5.41) is 6.11. The Labute approximate surface area is 113 Å². The van der Waals surface area contributed by atoms with Gasteiger partial charge in [0.1, 0.15) is 11.9 Å². The molecule has 0 spiro atoms. The lowest BCUT2D eigenvalue weighted by Crippen LogP contribution is -2.56. The van der Waals surface area contributed by atoms with Gasteiger partial charge >= 0.3 is 0 Å². The molecule has 1 heterocycles. The largest absolute Gasteiger partial charge is 0.351 e. The number of nitrogens with zero attached hydrogens (tertiary/aromatic N) is 1. The van der Waals surface area contributed by atoms with Gasteiger partial charge in [0, 0.05) is 26.2 Å². The van der Waals surface area contributed by atoms with Gasteiger partial charge in [-0.1, -0.05) is 12.1 Å².